The Hall–Kier alpha value is -2.58. The molecule has 0 spiro atoms. The highest BCUT2D eigenvalue weighted by molar-refractivity contribution is 5.84. The number of aromatic amines is 1. The zero-order valence-electron chi connectivity index (χ0n) is 10.7. The summed E-state index contributed by atoms with van der Waals surface area (Å²) in [6.07, 6.45) is 1.58. The van der Waals surface area contributed by atoms with Gasteiger partial charge in [0.1, 0.15) is 5.52 Å². The van der Waals surface area contributed by atoms with Crippen LogP contribution in [0, 0.1) is 0 Å². The third-order valence-electron chi connectivity index (χ3n) is 3.82. The molecule has 2 aromatic rings. The molecule has 2 aliphatic rings. The van der Waals surface area contributed by atoms with E-state index in [0.29, 0.717) is 25.3 Å². The van der Waals surface area contributed by atoms with Crippen molar-refractivity contribution in [3.63, 3.8) is 0 Å². The van der Waals surface area contributed by atoms with Crippen molar-refractivity contribution in [2.24, 2.45) is 0 Å². The van der Waals surface area contributed by atoms with Gasteiger partial charge in [0.25, 0.3) is 0 Å². The maximum Gasteiger partial charge on any atom is 0.317 e. The smallest absolute Gasteiger partial charge is 0.317 e. The Kier molecular flexibility index (Phi) is 2.23. The van der Waals surface area contributed by atoms with E-state index in [1.54, 1.807) is 6.33 Å². The number of hydrogen-bond acceptors (Lipinski definition) is 6. The first-order valence-electron chi connectivity index (χ1n) is 6.48. The van der Waals surface area contributed by atoms with Gasteiger partial charge >= 0.3 is 6.03 Å². The molecule has 0 radical (unpaired) electrons. The van der Waals surface area contributed by atoms with Crippen LogP contribution in [0.3, 0.4) is 0 Å². The van der Waals surface area contributed by atoms with Gasteiger partial charge in [-0.05, 0) is 0 Å². The molecule has 0 aromatic carbocycles. The lowest BCUT2D eigenvalue weighted by Gasteiger charge is -2.37. The van der Waals surface area contributed by atoms with E-state index in [-0.39, 0.29) is 18.0 Å². The summed E-state index contributed by atoms with van der Waals surface area (Å²) in [4.78, 5) is 31.2. The van der Waals surface area contributed by atoms with E-state index in [9.17, 15) is 4.79 Å². The van der Waals surface area contributed by atoms with Gasteiger partial charge in [0.2, 0.25) is 5.95 Å². The highest BCUT2D eigenvalue weighted by Gasteiger charge is 2.36. The number of nitrogens with zero attached hydrogens (tertiary/aromatic N) is 5. The first-order chi connectivity index (χ1) is 9.72. The summed E-state index contributed by atoms with van der Waals surface area (Å²) in [5.41, 5.74) is 7.09. The summed E-state index contributed by atoms with van der Waals surface area (Å²) in [5, 5.41) is 2.86. The SMILES string of the molecule is Nc1nc(N2CCN3C(=O)NCC3C2)c2[nH]cnc2n1. The molecule has 104 valence electrons. The fourth-order valence-electron chi connectivity index (χ4n) is 2.86. The van der Waals surface area contributed by atoms with Gasteiger partial charge in [-0.25, -0.2) is 9.78 Å². The normalized spacial score (nSPS) is 22.2. The number of imidazole rings is 1. The number of carbonyl (C=O) groups excluding carboxylic acids is 1. The molecule has 0 aliphatic carbocycles. The van der Waals surface area contributed by atoms with Crippen LogP contribution in [-0.2, 0) is 0 Å². The summed E-state index contributed by atoms with van der Waals surface area (Å²) >= 11 is 0. The van der Waals surface area contributed by atoms with Crippen molar-refractivity contribution < 1.29 is 4.79 Å². The van der Waals surface area contributed by atoms with Crippen molar-refractivity contribution in [2.45, 2.75) is 6.04 Å². The second kappa shape index (κ2) is 3.95. The van der Waals surface area contributed by atoms with Crippen LogP contribution in [0.1, 0.15) is 0 Å². The molecule has 4 N–H and O–H groups in total. The molecule has 0 bridgehead atoms. The summed E-state index contributed by atoms with van der Waals surface area (Å²) in [5.74, 6) is 0.964. The fourth-order valence-corrected chi connectivity index (χ4v) is 2.86. The minimum Gasteiger partial charge on any atom is -0.368 e. The topological polar surface area (TPSA) is 116 Å². The van der Waals surface area contributed by atoms with Crippen LogP contribution in [-0.4, -0.2) is 63.1 Å². The van der Waals surface area contributed by atoms with Crippen molar-refractivity contribution >= 4 is 29.0 Å². The van der Waals surface area contributed by atoms with E-state index in [2.05, 4.69) is 30.2 Å². The predicted octanol–water partition coefficient (Wildman–Crippen LogP) is -0.851. The van der Waals surface area contributed by atoms with E-state index in [0.717, 1.165) is 17.9 Å². The van der Waals surface area contributed by atoms with Gasteiger partial charge in [-0.15, -0.1) is 0 Å². The Morgan fingerprint density at radius 1 is 1.35 bits per heavy atom. The summed E-state index contributed by atoms with van der Waals surface area (Å²) in [7, 11) is 0. The van der Waals surface area contributed by atoms with Crippen molar-refractivity contribution in [2.75, 3.05) is 36.8 Å². The number of urea groups is 1. The molecule has 9 heteroatoms. The van der Waals surface area contributed by atoms with Crippen LogP contribution in [0.25, 0.3) is 11.2 Å². The van der Waals surface area contributed by atoms with Crippen molar-refractivity contribution in [1.29, 1.82) is 0 Å². The molecule has 2 amide bonds. The number of hydrogen-bond donors (Lipinski definition) is 3. The monoisotopic (exact) mass is 274 g/mol. The lowest BCUT2D eigenvalue weighted by molar-refractivity contribution is 0.197. The van der Waals surface area contributed by atoms with E-state index >= 15 is 0 Å². The number of nitrogen functional groups attached to an aromatic ring is 1. The number of H-pyrrole nitrogens is 1. The Bertz CT molecular complexity index is 682. The van der Waals surface area contributed by atoms with Crippen LogP contribution in [0.15, 0.2) is 6.33 Å². The minimum atomic E-state index is 0.0172. The predicted molar refractivity (Wildman–Crippen MR) is 72.2 cm³/mol. The number of carbonyl (C=O) groups is 1. The molecule has 2 fully saturated rings. The highest BCUT2D eigenvalue weighted by Crippen LogP contribution is 2.25. The fraction of sp³-hybridized carbons (Fsp3) is 0.455. The molecule has 9 nitrogen and oxygen atoms in total. The molecule has 2 saturated heterocycles. The van der Waals surface area contributed by atoms with E-state index in [1.165, 1.54) is 0 Å². The number of amides is 2. The van der Waals surface area contributed by atoms with Crippen LogP contribution in [0.5, 0.6) is 0 Å². The maximum absolute atomic E-state index is 11.6. The molecular formula is C11H14N8O. The Balaban J connectivity index is 1.70. The third-order valence-corrected chi connectivity index (χ3v) is 3.82. The standard InChI is InChI=1S/C11H14N8O/c12-10-16-8-7(14-5-15-8)9(17-10)18-1-2-19-6(4-18)3-13-11(19)20/h5-6H,1-4H2,(H,13,20)(H3,12,14,15,16,17). The van der Waals surface area contributed by atoms with E-state index in [1.807, 2.05) is 4.90 Å². The Morgan fingerprint density at radius 3 is 3.15 bits per heavy atom. The number of aromatic nitrogens is 4. The van der Waals surface area contributed by atoms with E-state index < -0.39 is 0 Å². The summed E-state index contributed by atoms with van der Waals surface area (Å²) < 4.78 is 0. The molecule has 1 atom stereocenters. The van der Waals surface area contributed by atoms with Gasteiger partial charge in [-0.1, -0.05) is 0 Å². The number of nitrogens with two attached hydrogens (primary N) is 1. The highest BCUT2D eigenvalue weighted by atomic mass is 16.2. The van der Waals surface area contributed by atoms with Gasteiger partial charge in [0.15, 0.2) is 11.5 Å². The second-order valence-electron chi connectivity index (χ2n) is 4.99. The third kappa shape index (κ3) is 1.55. The van der Waals surface area contributed by atoms with E-state index in [4.69, 9.17) is 5.73 Å². The molecular weight excluding hydrogens is 260 g/mol. The lowest BCUT2D eigenvalue weighted by atomic mass is 10.2. The molecule has 20 heavy (non-hydrogen) atoms. The van der Waals surface area contributed by atoms with Crippen LogP contribution in [0.4, 0.5) is 16.6 Å². The largest absolute Gasteiger partial charge is 0.368 e. The first kappa shape index (κ1) is 11.3. The average molecular weight is 274 g/mol. The van der Waals surface area contributed by atoms with Crippen LogP contribution >= 0.6 is 0 Å². The number of anilines is 2. The van der Waals surface area contributed by atoms with Crippen LogP contribution in [0.2, 0.25) is 0 Å². The summed E-state index contributed by atoms with van der Waals surface area (Å²) in [6, 6.07) is 0.189. The lowest BCUT2D eigenvalue weighted by Crippen LogP contribution is -2.52. The number of nitrogens with one attached hydrogen (secondary N) is 2. The molecule has 2 aromatic heterocycles. The quantitative estimate of drug-likeness (QED) is 0.623. The molecule has 2 aliphatic heterocycles. The van der Waals surface area contributed by atoms with Crippen molar-refractivity contribution in [3.8, 4) is 0 Å². The minimum absolute atomic E-state index is 0.0172. The van der Waals surface area contributed by atoms with Gasteiger partial charge in [0, 0.05) is 26.2 Å². The zero-order valence-corrected chi connectivity index (χ0v) is 10.7. The second-order valence-corrected chi connectivity index (χ2v) is 4.99. The Morgan fingerprint density at radius 2 is 2.25 bits per heavy atom. The number of rotatable bonds is 1. The Labute approximate surface area is 114 Å². The number of fused-ring (bicyclic) bond motifs is 2. The average Bonchev–Trinajstić information content (AvgIpc) is 3.04. The molecule has 0 saturated carbocycles. The maximum atomic E-state index is 11.6. The van der Waals surface area contributed by atoms with Gasteiger partial charge < -0.3 is 25.8 Å². The molecule has 4 heterocycles. The van der Waals surface area contributed by atoms with Crippen molar-refractivity contribution in [3.05, 3.63) is 6.33 Å². The zero-order chi connectivity index (χ0) is 13.7. The van der Waals surface area contributed by atoms with Gasteiger partial charge in [-0.2, -0.15) is 9.97 Å². The van der Waals surface area contributed by atoms with Gasteiger partial charge in [0.05, 0.1) is 12.4 Å². The van der Waals surface area contributed by atoms with Crippen LogP contribution < -0.4 is 16.0 Å². The molecule has 4 rings (SSSR count). The number of piperazine rings is 1. The first-order valence-corrected chi connectivity index (χ1v) is 6.48. The molecule has 1 unspecified atom stereocenters. The summed E-state index contributed by atoms with van der Waals surface area (Å²) in [6.45, 7) is 2.79. The van der Waals surface area contributed by atoms with Crippen molar-refractivity contribution in [1.82, 2.24) is 30.2 Å². The van der Waals surface area contributed by atoms with Gasteiger partial charge in [-0.3, -0.25) is 0 Å².